The molecule has 0 bridgehead atoms. The maximum Gasteiger partial charge on any atom is 0.220 e. The minimum atomic E-state index is -3.14. The van der Waals surface area contributed by atoms with E-state index in [1.165, 1.54) is 0 Å². The van der Waals surface area contributed by atoms with Crippen molar-refractivity contribution >= 4 is 39.3 Å². The first-order chi connectivity index (χ1) is 13.3. The van der Waals surface area contributed by atoms with E-state index in [4.69, 9.17) is 11.6 Å². The summed E-state index contributed by atoms with van der Waals surface area (Å²) in [7, 11) is -3.14. The van der Waals surface area contributed by atoms with Crippen LogP contribution < -0.4 is 10.0 Å². The minimum Gasteiger partial charge on any atom is -0.356 e. The minimum absolute atomic E-state index is 0.00219. The number of carbonyl (C=O) groups is 1. The predicted molar refractivity (Wildman–Crippen MR) is 115 cm³/mol. The van der Waals surface area contributed by atoms with Gasteiger partial charge in [-0.15, -0.1) is 0 Å². The molecule has 2 rings (SSSR count). The van der Waals surface area contributed by atoms with Crippen molar-refractivity contribution in [1.29, 1.82) is 0 Å². The van der Waals surface area contributed by atoms with Gasteiger partial charge in [-0.05, 0) is 55.2 Å². The first-order valence-corrected chi connectivity index (χ1v) is 12.1. The molecule has 28 heavy (non-hydrogen) atoms. The summed E-state index contributed by atoms with van der Waals surface area (Å²) in [4.78, 5) is 14.3. The maximum absolute atomic E-state index is 12.1. The SMILES string of the molecule is CS(=O)(=O)NCCCCNC(=O)CCc1ccccc1Sc1ccc(Cl)cc1. The first kappa shape index (κ1) is 22.7. The van der Waals surface area contributed by atoms with Crippen LogP contribution in [0.5, 0.6) is 0 Å². The standard InChI is InChI=1S/C20H25ClN2O3S2/c1-28(25,26)23-15-5-4-14-22-20(24)13-8-16-6-2-3-7-19(16)27-18-11-9-17(21)10-12-18/h2-3,6-7,9-12,23H,4-5,8,13-15H2,1H3,(H,22,24). The molecule has 0 aliphatic carbocycles. The Morgan fingerprint density at radius 3 is 2.43 bits per heavy atom. The molecule has 2 N–H and O–H groups in total. The van der Waals surface area contributed by atoms with Crippen LogP contribution in [0, 0.1) is 0 Å². The lowest BCUT2D eigenvalue weighted by Gasteiger charge is -2.10. The highest BCUT2D eigenvalue weighted by Gasteiger charge is 2.07. The summed E-state index contributed by atoms with van der Waals surface area (Å²) < 4.78 is 24.4. The van der Waals surface area contributed by atoms with Gasteiger partial charge in [-0.3, -0.25) is 4.79 Å². The largest absolute Gasteiger partial charge is 0.356 e. The van der Waals surface area contributed by atoms with E-state index in [1.54, 1.807) is 11.8 Å². The van der Waals surface area contributed by atoms with Gasteiger partial charge >= 0.3 is 0 Å². The van der Waals surface area contributed by atoms with E-state index >= 15 is 0 Å². The van der Waals surface area contributed by atoms with Crippen LogP contribution in [0.3, 0.4) is 0 Å². The zero-order chi connectivity index (χ0) is 20.4. The van der Waals surface area contributed by atoms with E-state index in [0.29, 0.717) is 37.4 Å². The molecular weight excluding hydrogens is 416 g/mol. The van der Waals surface area contributed by atoms with E-state index in [0.717, 1.165) is 28.0 Å². The number of rotatable bonds is 11. The van der Waals surface area contributed by atoms with Crippen LogP contribution in [0.1, 0.15) is 24.8 Å². The van der Waals surface area contributed by atoms with Gasteiger partial charge in [-0.1, -0.05) is 41.6 Å². The van der Waals surface area contributed by atoms with Gasteiger partial charge < -0.3 is 5.32 Å². The van der Waals surface area contributed by atoms with Gasteiger partial charge in [0, 0.05) is 34.3 Å². The van der Waals surface area contributed by atoms with Crippen molar-refractivity contribution in [2.24, 2.45) is 0 Å². The molecule has 0 aromatic heterocycles. The van der Waals surface area contributed by atoms with Gasteiger partial charge in [-0.25, -0.2) is 13.1 Å². The highest BCUT2D eigenvalue weighted by atomic mass is 35.5. The summed E-state index contributed by atoms with van der Waals surface area (Å²) >= 11 is 7.59. The number of unbranched alkanes of at least 4 members (excludes halogenated alkanes) is 1. The molecule has 8 heteroatoms. The Morgan fingerprint density at radius 1 is 1.04 bits per heavy atom. The summed E-state index contributed by atoms with van der Waals surface area (Å²) in [6.07, 6.45) is 3.64. The van der Waals surface area contributed by atoms with Gasteiger partial charge in [0.05, 0.1) is 6.26 Å². The Kier molecular flexibility index (Phi) is 9.31. The third kappa shape index (κ3) is 9.10. The summed E-state index contributed by atoms with van der Waals surface area (Å²) in [6, 6.07) is 15.8. The molecule has 0 radical (unpaired) electrons. The molecule has 152 valence electrons. The Labute approximate surface area is 176 Å². The number of sulfonamides is 1. The Morgan fingerprint density at radius 2 is 1.71 bits per heavy atom. The number of hydrogen-bond acceptors (Lipinski definition) is 4. The van der Waals surface area contributed by atoms with Crippen molar-refractivity contribution in [2.45, 2.75) is 35.5 Å². The van der Waals surface area contributed by atoms with Crippen LogP contribution in [0.2, 0.25) is 5.02 Å². The third-order valence-electron chi connectivity index (χ3n) is 3.93. The zero-order valence-corrected chi connectivity index (χ0v) is 18.2. The molecule has 0 atom stereocenters. The Bertz CT molecular complexity index is 871. The first-order valence-electron chi connectivity index (χ1n) is 9.06. The van der Waals surface area contributed by atoms with E-state index in [-0.39, 0.29) is 5.91 Å². The number of benzene rings is 2. The van der Waals surface area contributed by atoms with Gasteiger partial charge in [-0.2, -0.15) is 0 Å². The maximum atomic E-state index is 12.1. The quantitative estimate of drug-likeness (QED) is 0.520. The topological polar surface area (TPSA) is 75.3 Å². The van der Waals surface area contributed by atoms with Crippen LogP contribution in [-0.2, 0) is 21.2 Å². The van der Waals surface area contributed by atoms with Crippen LogP contribution in [0.4, 0.5) is 0 Å². The zero-order valence-electron chi connectivity index (χ0n) is 15.8. The molecule has 2 aromatic carbocycles. The van der Waals surface area contributed by atoms with Crippen LogP contribution in [0.25, 0.3) is 0 Å². The van der Waals surface area contributed by atoms with Crippen LogP contribution >= 0.6 is 23.4 Å². The van der Waals surface area contributed by atoms with Crippen molar-refractivity contribution in [3.8, 4) is 0 Å². The van der Waals surface area contributed by atoms with Crippen molar-refractivity contribution in [3.63, 3.8) is 0 Å². The molecule has 0 saturated carbocycles. The molecule has 0 aliphatic rings. The van der Waals surface area contributed by atoms with Gasteiger partial charge in [0.15, 0.2) is 0 Å². The number of aryl methyl sites for hydroxylation is 1. The number of halogens is 1. The van der Waals surface area contributed by atoms with E-state index < -0.39 is 10.0 Å². The number of hydrogen-bond donors (Lipinski definition) is 2. The van der Waals surface area contributed by atoms with Crippen LogP contribution in [0.15, 0.2) is 58.3 Å². The molecule has 1 amide bonds. The monoisotopic (exact) mass is 440 g/mol. The van der Waals surface area contributed by atoms with E-state index in [2.05, 4.69) is 16.1 Å². The van der Waals surface area contributed by atoms with Crippen molar-refractivity contribution in [3.05, 3.63) is 59.1 Å². The Hall–Kier alpha value is -1.54. The molecule has 0 spiro atoms. The lowest BCUT2D eigenvalue weighted by atomic mass is 10.1. The second-order valence-corrected chi connectivity index (χ2v) is 9.77. The highest BCUT2D eigenvalue weighted by Crippen LogP contribution is 2.31. The fraction of sp³-hybridized carbons (Fsp3) is 0.350. The van der Waals surface area contributed by atoms with Crippen LogP contribution in [-0.4, -0.2) is 33.7 Å². The lowest BCUT2D eigenvalue weighted by molar-refractivity contribution is -0.121. The molecule has 5 nitrogen and oxygen atoms in total. The van der Waals surface area contributed by atoms with Crippen molar-refractivity contribution in [1.82, 2.24) is 10.0 Å². The third-order valence-corrected chi connectivity index (χ3v) is 6.03. The average molecular weight is 441 g/mol. The van der Waals surface area contributed by atoms with Crippen molar-refractivity contribution in [2.75, 3.05) is 19.3 Å². The van der Waals surface area contributed by atoms with Crippen molar-refractivity contribution < 1.29 is 13.2 Å². The number of carbonyl (C=O) groups excluding carboxylic acids is 1. The van der Waals surface area contributed by atoms with E-state index in [1.807, 2.05) is 42.5 Å². The summed E-state index contributed by atoms with van der Waals surface area (Å²) in [5, 5.41) is 3.60. The fourth-order valence-electron chi connectivity index (χ4n) is 2.51. The van der Waals surface area contributed by atoms with E-state index in [9.17, 15) is 13.2 Å². The van der Waals surface area contributed by atoms with Gasteiger partial charge in [0.1, 0.15) is 0 Å². The smallest absolute Gasteiger partial charge is 0.220 e. The predicted octanol–water partition coefficient (Wildman–Crippen LogP) is 3.87. The summed E-state index contributed by atoms with van der Waals surface area (Å²) in [6.45, 7) is 0.940. The fourth-order valence-corrected chi connectivity index (χ4v) is 4.13. The molecular formula is C20H25ClN2O3S2. The molecule has 0 heterocycles. The summed E-state index contributed by atoms with van der Waals surface area (Å²) in [5.74, 6) is 0.00219. The Balaban J connectivity index is 1.74. The average Bonchev–Trinajstić information content (AvgIpc) is 2.65. The lowest BCUT2D eigenvalue weighted by Crippen LogP contribution is -2.27. The van der Waals surface area contributed by atoms with Gasteiger partial charge in [0.25, 0.3) is 0 Å². The molecule has 0 saturated heterocycles. The molecule has 0 unspecified atom stereocenters. The highest BCUT2D eigenvalue weighted by molar-refractivity contribution is 7.99. The molecule has 0 fully saturated rings. The number of amides is 1. The molecule has 0 aliphatic heterocycles. The second-order valence-electron chi connectivity index (χ2n) is 6.39. The summed E-state index contributed by atoms with van der Waals surface area (Å²) in [5.41, 5.74) is 1.13. The second kappa shape index (κ2) is 11.5. The normalized spacial score (nSPS) is 11.4. The van der Waals surface area contributed by atoms with Gasteiger partial charge in [0.2, 0.25) is 15.9 Å². The number of nitrogens with one attached hydrogen (secondary N) is 2. The molecule has 2 aromatic rings.